The maximum Gasteiger partial charge on any atom is 0.258 e. The fourth-order valence-electron chi connectivity index (χ4n) is 3.36. The number of aromatic amines is 1. The highest BCUT2D eigenvalue weighted by molar-refractivity contribution is 5.92. The molecule has 29 heavy (non-hydrogen) atoms. The molecule has 0 saturated carbocycles. The molecule has 9 nitrogen and oxygen atoms in total. The Kier molecular flexibility index (Phi) is 5.48. The number of hydrogen-bond donors (Lipinski definition) is 3. The lowest BCUT2D eigenvalue weighted by Crippen LogP contribution is -2.38. The molecule has 1 aliphatic rings. The predicted octanol–water partition coefficient (Wildman–Crippen LogP) is 2.04. The molecule has 2 bridgehead atoms. The van der Waals surface area contributed by atoms with Crippen LogP contribution in [0, 0.1) is 0 Å². The Hall–Kier alpha value is -3.33. The second kappa shape index (κ2) is 8.36. The Morgan fingerprint density at radius 1 is 1.28 bits per heavy atom. The normalized spacial score (nSPS) is 16.0. The number of fused-ring (bicyclic) bond motifs is 2. The molecule has 0 aliphatic carbocycles. The number of carbonyl (C=O) groups excluding carboxylic acids is 1. The van der Waals surface area contributed by atoms with Gasteiger partial charge >= 0.3 is 0 Å². The summed E-state index contributed by atoms with van der Waals surface area (Å²) in [6, 6.07) is 5.47. The lowest BCUT2D eigenvalue weighted by atomic mass is 10.1. The van der Waals surface area contributed by atoms with E-state index >= 15 is 0 Å². The zero-order chi connectivity index (χ0) is 20.2. The van der Waals surface area contributed by atoms with Crippen molar-refractivity contribution in [3.8, 4) is 11.5 Å². The van der Waals surface area contributed by atoms with Crippen LogP contribution in [0.2, 0.25) is 0 Å². The van der Waals surface area contributed by atoms with Crippen molar-refractivity contribution in [2.24, 2.45) is 0 Å². The van der Waals surface area contributed by atoms with E-state index in [1.165, 1.54) is 6.33 Å². The van der Waals surface area contributed by atoms with Crippen LogP contribution in [0.25, 0.3) is 11.0 Å². The molecule has 4 rings (SSSR count). The first kappa shape index (κ1) is 19.0. The molecule has 3 aromatic rings. The minimum atomic E-state index is -0.185. The maximum absolute atomic E-state index is 12.1. The Bertz CT molecular complexity index is 1020. The number of benzene rings is 1. The molecule has 2 aromatic heterocycles. The van der Waals surface area contributed by atoms with Crippen molar-refractivity contribution in [1.82, 2.24) is 25.2 Å². The second-order valence-electron chi connectivity index (χ2n) is 6.98. The Morgan fingerprint density at radius 3 is 3.03 bits per heavy atom. The molecule has 0 spiro atoms. The van der Waals surface area contributed by atoms with E-state index in [-0.39, 0.29) is 12.5 Å². The monoisotopic (exact) mass is 396 g/mol. The van der Waals surface area contributed by atoms with E-state index in [0.29, 0.717) is 18.2 Å². The summed E-state index contributed by atoms with van der Waals surface area (Å²) in [5, 5.41) is 7.20. The molecule has 1 aliphatic heterocycles. The van der Waals surface area contributed by atoms with E-state index in [1.54, 1.807) is 19.2 Å². The van der Waals surface area contributed by atoms with Crippen molar-refractivity contribution < 1.29 is 14.3 Å². The molecule has 3 N–H and O–H groups in total. The average molecular weight is 396 g/mol. The summed E-state index contributed by atoms with van der Waals surface area (Å²) in [6.45, 7) is 1.22. The third kappa shape index (κ3) is 4.24. The first-order valence-corrected chi connectivity index (χ1v) is 9.48. The van der Waals surface area contributed by atoms with Gasteiger partial charge in [0.25, 0.3) is 5.91 Å². The van der Waals surface area contributed by atoms with Gasteiger partial charge in [-0.1, -0.05) is 0 Å². The summed E-state index contributed by atoms with van der Waals surface area (Å²) < 4.78 is 11.1. The quantitative estimate of drug-likeness (QED) is 0.578. The van der Waals surface area contributed by atoms with Gasteiger partial charge in [0.05, 0.1) is 19.2 Å². The first-order valence-electron chi connectivity index (χ1n) is 9.48. The van der Waals surface area contributed by atoms with Crippen molar-refractivity contribution in [2.45, 2.75) is 12.8 Å². The standard InChI is InChI=1S/C20H24N6O3/c1-26-7-3-4-13-9-21-19-18(13)20(23-11-22-19)25-14-5-6-15(28-2)16(8-14)29-10-17(27)24-12-26/h5-6,8-9,11H,3-4,7,10,12H2,1-2H3,(H,24,27)(H2,21,22,23,25). The van der Waals surface area contributed by atoms with Gasteiger partial charge in [-0.3, -0.25) is 9.69 Å². The lowest BCUT2D eigenvalue weighted by molar-refractivity contribution is -0.123. The topological polar surface area (TPSA) is 104 Å². The summed E-state index contributed by atoms with van der Waals surface area (Å²) in [5.41, 5.74) is 2.72. The fraction of sp³-hybridized carbons (Fsp3) is 0.350. The number of anilines is 2. The van der Waals surface area contributed by atoms with Crippen molar-refractivity contribution >= 4 is 28.4 Å². The molecule has 1 aromatic carbocycles. The van der Waals surface area contributed by atoms with Crippen LogP contribution in [0.4, 0.5) is 11.5 Å². The highest BCUT2D eigenvalue weighted by Gasteiger charge is 2.14. The van der Waals surface area contributed by atoms with Gasteiger partial charge in [0, 0.05) is 18.0 Å². The highest BCUT2D eigenvalue weighted by Crippen LogP contribution is 2.33. The number of carbonyl (C=O) groups is 1. The van der Waals surface area contributed by atoms with Gasteiger partial charge in [0.2, 0.25) is 0 Å². The molecular formula is C20H24N6O3. The SMILES string of the molecule is COc1ccc2cc1OCC(=O)NCN(C)CCCc1c[nH]c3ncnc(c13)N2. The summed E-state index contributed by atoms with van der Waals surface area (Å²) in [4.78, 5) is 26.2. The third-order valence-electron chi connectivity index (χ3n) is 4.87. The highest BCUT2D eigenvalue weighted by atomic mass is 16.5. The van der Waals surface area contributed by atoms with Crippen LogP contribution in [0.15, 0.2) is 30.7 Å². The summed E-state index contributed by atoms with van der Waals surface area (Å²) >= 11 is 0. The largest absolute Gasteiger partial charge is 0.493 e. The number of aromatic nitrogens is 3. The van der Waals surface area contributed by atoms with E-state index in [2.05, 4.69) is 30.5 Å². The van der Waals surface area contributed by atoms with Crippen LogP contribution in [0.3, 0.4) is 0 Å². The van der Waals surface area contributed by atoms with Gasteiger partial charge in [0.15, 0.2) is 18.1 Å². The van der Waals surface area contributed by atoms with E-state index < -0.39 is 0 Å². The van der Waals surface area contributed by atoms with E-state index in [1.807, 2.05) is 19.3 Å². The van der Waals surface area contributed by atoms with Crippen molar-refractivity contribution in [2.75, 3.05) is 39.3 Å². The van der Waals surface area contributed by atoms with E-state index in [0.717, 1.165) is 47.5 Å². The maximum atomic E-state index is 12.1. The Morgan fingerprint density at radius 2 is 2.17 bits per heavy atom. The summed E-state index contributed by atoms with van der Waals surface area (Å²) in [5.74, 6) is 1.57. The second-order valence-corrected chi connectivity index (χ2v) is 6.98. The number of H-pyrrole nitrogens is 1. The lowest BCUT2D eigenvalue weighted by Gasteiger charge is -2.18. The average Bonchev–Trinajstić information content (AvgIpc) is 3.14. The summed E-state index contributed by atoms with van der Waals surface area (Å²) in [6.07, 6.45) is 5.33. The number of ether oxygens (including phenoxy) is 2. The summed E-state index contributed by atoms with van der Waals surface area (Å²) in [7, 11) is 3.54. The molecule has 0 atom stereocenters. The Labute approximate surface area is 168 Å². The molecule has 152 valence electrons. The number of nitrogens with zero attached hydrogens (tertiary/aromatic N) is 3. The van der Waals surface area contributed by atoms with Gasteiger partial charge in [-0.15, -0.1) is 0 Å². The van der Waals surface area contributed by atoms with Gasteiger partial charge in [-0.05, 0) is 44.1 Å². The Balaban J connectivity index is 1.72. The van der Waals surface area contributed by atoms with Crippen LogP contribution in [-0.2, 0) is 11.2 Å². The van der Waals surface area contributed by atoms with Crippen LogP contribution in [0.5, 0.6) is 11.5 Å². The molecular weight excluding hydrogens is 372 g/mol. The van der Waals surface area contributed by atoms with Crippen LogP contribution in [-0.4, -0.2) is 59.7 Å². The van der Waals surface area contributed by atoms with Crippen LogP contribution < -0.4 is 20.1 Å². The first-order chi connectivity index (χ1) is 14.1. The molecule has 9 heteroatoms. The molecule has 0 unspecified atom stereocenters. The number of aryl methyl sites for hydroxylation is 1. The molecule has 3 heterocycles. The minimum Gasteiger partial charge on any atom is -0.493 e. The number of nitrogens with one attached hydrogen (secondary N) is 3. The van der Waals surface area contributed by atoms with Crippen molar-refractivity contribution in [3.05, 3.63) is 36.3 Å². The smallest absolute Gasteiger partial charge is 0.258 e. The van der Waals surface area contributed by atoms with E-state index in [9.17, 15) is 4.79 Å². The zero-order valence-electron chi connectivity index (χ0n) is 16.5. The number of methoxy groups -OCH3 is 1. The van der Waals surface area contributed by atoms with Crippen LogP contribution >= 0.6 is 0 Å². The number of amides is 1. The number of hydrogen-bond acceptors (Lipinski definition) is 7. The van der Waals surface area contributed by atoms with Gasteiger partial charge < -0.3 is 25.1 Å². The third-order valence-corrected chi connectivity index (χ3v) is 4.87. The predicted molar refractivity (Wildman–Crippen MR) is 110 cm³/mol. The van der Waals surface area contributed by atoms with Crippen LogP contribution in [0.1, 0.15) is 12.0 Å². The van der Waals surface area contributed by atoms with Gasteiger partial charge in [-0.2, -0.15) is 0 Å². The molecule has 0 fully saturated rings. The fourth-order valence-corrected chi connectivity index (χ4v) is 3.36. The molecule has 1 amide bonds. The zero-order valence-corrected chi connectivity index (χ0v) is 16.5. The van der Waals surface area contributed by atoms with Crippen molar-refractivity contribution in [3.63, 3.8) is 0 Å². The minimum absolute atomic E-state index is 0.0899. The number of rotatable bonds is 1. The molecule has 0 radical (unpaired) electrons. The van der Waals surface area contributed by atoms with Gasteiger partial charge in [-0.25, -0.2) is 9.97 Å². The van der Waals surface area contributed by atoms with Crippen molar-refractivity contribution in [1.29, 1.82) is 0 Å². The molecule has 0 saturated heterocycles. The van der Waals surface area contributed by atoms with E-state index in [4.69, 9.17) is 9.47 Å². The van der Waals surface area contributed by atoms with Gasteiger partial charge in [0.1, 0.15) is 17.8 Å².